The molecule has 1 aromatic carbocycles. The molecule has 0 aliphatic heterocycles. The fourth-order valence-corrected chi connectivity index (χ4v) is 1.75. The summed E-state index contributed by atoms with van der Waals surface area (Å²) in [6.45, 7) is 4.12. The quantitative estimate of drug-likeness (QED) is 0.807. The van der Waals surface area contributed by atoms with Gasteiger partial charge in [-0.15, -0.1) is 0 Å². The molecule has 0 saturated carbocycles. The Hall–Kier alpha value is -1.61. The Balaban J connectivity index is 2.27. The van der Waals surface area contributed by atoms with Gasteiger partial charge >= 0.3 is 0 Å². The van der Waals surface area contributed by atoms with Gasteiger partial charge in [-0.1, -0.05) is 6.07 Å². The topological polar surface area (TPSA) is 37.8 Å². The molecule has 2 rings (SSSR count). The third-order valence-electron chi connectivity index (χ3n) is 2.12. The van der Waals surface area contributed by atoms with Crippen LogP contribution >= 0.6 is 11.6 Å². The van der Waals surface area contributed by atoms with Gasteiger partial charge in [0.15, 0.2) is 0 Å². The van der Waals surface area contributed by atoms with Gasteiger partial charge in [0.05, 0.1) is 0 Å². The number of nitrogens with zero attached hydrogens (tertiary/aromatic N) is 2. The van der Waals surface area contributed by atoms with Crippen molar-refractivity contribution in [3.63, 3.8) is 0 Å². The highest BCUT2D eigenvalue weighted by Crippen LogP contribution is 2.18. The molecule has 0 aliphatic rings. The van der Waals surface area contributed by atoms with E-state index in [1.807, 2.05) is 0 Å². The third kappa shape index (κ3) is 2.70. The summed E-state index contributed by atoms with van der Waals surface area (Å²) in [5, 5.41) is 3.44. The second kappa shape index (κ2) is 4.49. The SMILES string of the molecule is Cc1cc(C)cc(Nc2ccnc(Cl)n2)c1. The zero-order chi connectivity index (χ0) is 11.5. The lowest BCUT2D eigenvalue weighted by Gasteiger charge is -2.07. The number of hydrogen-bond donors (Lipinski definition) is 1. The maximum atomic E-state index is 5.71. The lowest BCUT2D eigenvalue weighted by Crippen LogP contribution is -1.95. The van der Waals surface area contributed by atoms with Crippen LogP contribution in [0.5, 0.6) is 0 Å². The summed E-state index contributed by atoms with van der Waals surface area (Å²) in [5.41, 5.74) is 3.43. The van der Waals surface area contributed by atoms with Crippen molar-refractivity contribution in [2.45, 2.75) is 13.8 Å². The maximum absolute atomic E-state index is 5.71. The van der Waals surface area contributed by atoms with Crippen molar-refractivity contribution in [3.8, 4) is 0 Å². The monoisotopic (exact) mass is 233 g/mol. The number of aromatic nitrogens is 2. The van der Waals surface area contributed by atoms with Crippen molar-refractivity contribution in [2.75, 3.05) is 5.32 Å². The van der Waals surface area contributed by atoms with Crippen molar-refractivity contribution in [3.05, 3.63) is 46.9 Å². The molecule has 0 aliphatic carbocycles. The summed E-state index contributed by atoms with van der Waals surface area (Å²) in [6, 6.07) is 8.02. The summed E-state index contributed by atoms with van der Waals surface area (Å²) >= 11 is 5.71. The van der Waals surface area contributed by atoms with E-state index in [0.717, 1.165) is 5.69 Å². The molecule has 3 nitrogen and oxygen atoms in total. The van der Waals surface area contributed by atoms with Crippen molar-refractivity contribution >= 4 is 23.1 Å². The van der Waals surface area contributed by atoms with E-state index in [4.69, 9.17) is 11.6 Å². The predicted molar refractivity (Wildman–Crippen MR) is 66.2 cm³/mol. The molecule has 1 heterocycles. The number of nitrogens with one attached hydrogen (secondary N) is 1. The number of hydrogen-bond acceptors (Lipinski definition) is 3. The Labute approximate surface area is 99.5 Å². The number of aryl methyl sites for hydroxylation is 2. The van der Waals surface area contributed by atoms with E-state index in [9.17, 15) is 0 Å². The summed E-state index contributed by atoms with van der Waals surface area (Å²) in [7, 11) is 0. The van der Waals surface area contributed by atoms with Gasteiger partial charge in [-0.25, -0.2) is 9.97 Å². The average Bonchev–Trinajstić information content (AvgIpc) is 2.15. The van der Waals surface area contributed by atoms with Crippen LogP contribution in [-0.2, 0) is 0 Å². The molecule has 2 aromatic rings. The molecule has 0 spiro atoms. The molecule has 0 radical (unpaired) electrons. The minimum absolute atomic E-state index is 0.245. The van der Waals surface area contributed by atoms with Gasteiger partial charge in [0.2, 0.25) is 5.28 Å². The predicted octanol–water partition coefficient (Wildman–Crippen LogP) is 3.49. The van der Waals surface area contributed by atoms with E-state index in [1.54, 1.807) is 12.3 Å². The first-order valence-electron chi connectivity index (χ1n) is 4.97. The lowest BCUT2D eigenvalue weighted by molar-refractivity contribution is 1.17. The molecular weight excluding hydrogens is 222 g/mol. The lowest BCUT2D eigenvalue weighted by atomic mass is 10.1. The number of anilines is 2. The van der Waals surface area contributed by atoms with Crippen molar-refractivity contribution in [1.82, 2.24) is 9.97 Å². The van der Waals surface area contributed by atoms with E-state index < -0.39 is 0 Å². The standard InChI is InChI=1S/C12H12ClN3/c1-8-5-9(2)7-10(6-8)15-11-3-4-14-12(13)16-11/h3-7H,1-2H3,(H,14,15,16). The first-order valence-corrected chi connectivity index (χ1v) is 5.35. The summed E-state index contributed by atoms with van der Waals surface area (Å²) < 4.78 is 0. The summed E-state index contributed by atoms with van der Waals surface area (Å²) in [5.74, 6) is 0.699. The maximum Gasteiger partial charge on any atom is 0.224 e. The van der Waals surface area contributed by atoms with Crippen LogP contribution in [0.4, 0.5) is 11.5 Å². The number of rotatable bonds is 2. The molecule has 82 valence electrons. The average molecular weight is 234 g/mol. The highest BCUT2D eigenvalue weighted by atomic mass is 35.5. The largest absolute Gasteiger partial charge is 0.340 e. The van der Waals surface area contributed by atoms with Gasteiger partial charge < -0.3 is 5.32 Å². The second-order valence-electron chi connectivity index (χ2n) is 3.71. The Morgan fingerprint density at radius 2 is 1.81 bits per heavy atom. The Bertz CT molecular complexity index is 491. The third-order valence-corrected chi connectivity index (χ3v) is 2.30. The molecule has 0 saturated heterocycles. The second-order valence-corrected chi connectivity index (χ2v) is 4.05. The summed E-state index contributed by atoms with van der Waals surface area (Å²) in [6.07, 6.45) is 1.63. The number of halogens is 1. The molecule has 1 N–H and O–H groups in total. The molecule has 0 fully saturated rings. The normalized spacial score (nSPS) is 10.2. The van der Waals surface area contributed by atoms with Crippen molar-refractivity contribution in [1.29, 1.82) is 0 Å². The van der Waals surface area contributed by atoms with Crippen LogP contribution in [0.25, 0.3) is 0 Å². The van der Waals surface area contributed by atoms with Gasteiger partial charge in [-0.3, -0.25) is 0 Å². The zero-order valence-electron chi connectivity index (χ0n) is 9.16. The van der Waals surface area contributed by atoms with Crippen molar-refractivity contribution in [2.24, 2.45) is 0 Å². The van der Waals surface area contributed by atoms with Crippen LogP contribution in [0, 0.1) is 13.8 Å². The minimum atomic E-state index is 0.245. The number of benzene rings is 1. The highest BCUT2D eigenvalue weighted by Gasteiger charge is 1.99. The van der Waals surface area contributed by atoms with Crippen molar-refractivity contribution < 1.29 is 0 Å². The van der Waals surface area contributed by atoms with Gasteiger partial charge in [0, 0.05) is 11.9 Å². The zero-order valence-corrected chi connectivity index (χ0v) is 9.92. The fraction of sp³-hybridized carbons (Fsp3) is 0.167. The van der Waals surface area contributed by atoms with Crippen LogP contribution in [0.1, 0.15) is 11.1 Å². The van der Waals surface area contributed by atoms with E-state index in [0.29, 0.717) is 5.82 Å². The fourth-order valence-electron chi connectivity index (χ4n) is 1.60. The highest BCUT2D eigenvalue weighted by molar-refractivity contribution is 6.28. The van der Waals surface area contributed by atoms with Gasteiger partial charge in [0.25, 0.3) is 0 Å². The molecule has 4 heteroatoms. The smallest absolute Gasteiger partial charge is 0.224 e. The first-order chi connectivity index (χ1) is 7.63. The van der Waals surface area contributed by atoms with Crippen LogP contribution in [0.3, 0.4) is 0 Å². The van der Waals surface area contributed by atoms with E-state index >= 15 is 0 Å². The Kier molecular flexibility index (Phi) is 3.06. The molecule has 1 aromatic heterocycles. The van der Waals surface area contributed by atoms with Crippen LogP contribution in [-0.4, -0.2) is 9.97 Å². The Morgan fingerprint density at radius 3 is 2.44 bits per heavy atom. The molecule has 16 heavy (non-hydrogen) atoms. The van der Waals surface area contributed by atoms with Gasteiger partial charge in [0.1, 0.15) is 5.82 Å². The van der Waals surface area contributed by atoms with E-state index in [2.05, 4.69) is 47.3 Å². The van der Waals surface area contributed by atoms with Crippen LogP contribution in [0.2, 0.25) is 5.28 Å². The van der Waals surface area contributed by atoms with Crippen LogP contribution in [0.15, 0.2) is 30.5 Å². The summed E-state index contributed by atoms with van der Waals surface area (Å²) in [4.78, 5) is 7.90. The van der Waals surface area contributed by atoms with Gasteiger partial charge in [-0.2, -0.15) is 0 Å². The molecule has 0 bridgehead atoms. The molecule has 0 unspecified atom stereocenters. The molecule has 0 atom stereocenters. The molecule has 0 amide bonds. The molecular formula is C12H12ClN3. The van der Waals surface area contributed by atoms with Crippen LogP contribution < -0.4 is 5.32 Å². The Morgan fingerprint density at radius 1 is 1.12 bits per heavy atom. The van der Waals surface area contributed by atoms with E-state index in [1.165, 1.54) is 11.1 Å². The van der Waals surface area contributed by atoms with Gasteiger partial charge in [-0.05, 0) is 54.8 Å². The minimum Gasteiger partial charge on any atom is -0.340 e. The van der Waals surface area contributed by atoms with E-state index in [-0.39, 0.29) is 5.28 Å². The first kappa shape index (κ1) is 10.9.